The Morgan fingerprint density at radius 2 is 2.08 bits per heavy atom. The summed E-state index contributed by atoms with van der Waals surface area (Å²) in [5.74, 6) is 0.566. The van der Waals surface area contributed by atoms with Gasteiger partial charge in [-0.2, -0.15) is 5.26 Å². The molecule has 3 unspecified atom stereocenters. The molecule has 12 heavy (non-hydrogen) atoms. The SMILES string of the molecule is CC1C(=O)N(CC#N)C(C)C1C. The number of likely N-dealkylation sites (tertiary alicyclic amines) is 1. The first-order chi connectivity index (χ1) is 5.59. The molecule has 1 heterocycles. The van der Waals surface area contributed by atoms with Gasteiger partial charge >= 0.3 is 0 Å². The van der Waals surface area contributed by atoms with E-state index in [9.17, 15) is 4.79 Å². The lowest BCUT2D eigenvalue weighted by Gasteiger charge is -2.19. The molecule has 1 saturated heterocycles. The van der Waals surface area contributed by atoms with Crippen LogP contribution in [0.2, 0.25) is 0 Å². The van der Waals surface area contributed by atoms with Gasteiger partial charge in [0.15, 0.2) is 0 Å². The van der Waals surface area contributed by atoms with Crippen molar-refractivity contribution in [3.8, 4) is 6.07 Å². The van der Waals surface area contributed by atoms with Gasteiger partial charge in [-0.15, -0.1) is 0 Å². The summed E-state index contributed by atoms with van der Waals surface area (Å²) < 4.78 is 0. The van der Waals surface area contributed by atoms with Crippen molar-refractivity contribution in [2.24, 2.45) is 11.8 Å². The van der Waals surface area contributed by atoms with E-state index in [0.29, 0.717) is 5.92 Å². The highest BCUT2D eigenvalue weighted by atomic mass is 16.2. The molecule has 66 valence electrons. The highest BCUT2D eigenvalue weighted by Crippen LogP contribution is 2.29. The van der Waals surface area contributed by atoms with Crippen molar-refractivity contribution in [1.82, 2.24) is 4.90 Å². The first-order valence-electron chi connectivity index (χ1n) is 4.27. The fourth-order valence-corrected chi connectivity index (χ4v) is 1.69. The largest absolute Gasteiger partial charge is 0.326 e. The molecule has 0 aliphatic carbocycles. The number of hydrogen-bond acceptors (Lipinski definition) is 2. The minimum Gasteiger partial charge on any atom is -0.326 e. The van der Waals surface area contributed by atoms with E-state index in [4.69, 9.17) is 5.26 Å². The molecule has 3 atom stereocenters. The molecule has 0 bridgehead atoms. The van der Waals surface area contributed by atoms with E-state index < -0.39 is 0 Å². The molecule has 0 saturated carbocycles. The third-order valence-corrected chi connectivity index (χ3v) is 2.95. The van der Waals surface area contributed by atoms with Crippen LogP contribution in [0.25, 0.3) is 0 Å². The van der Waals surface area contributed by atoms with Gasteiger partial charge < -0.3 is 4.90 Å². The van der Waals surface area contributed by atoms with Gasteiger partial charge in [-0.3, -0.25) is 4.79 Å². The van der Waals surface area contributed by atoms with Gasteiger partial charge in [0.05, 0.1) is 6.07 Å². The average molecular weight is 166 g/mol. The van der Waals surface area contributed by atoms with Gasteiger partial charge in [0.2, 0.25) is 5.91 Å². The highest BCUT2D eigenvalue weighted by Gasteiger charge is 2.39. The Morgan fingerprint density at radius 1 is 1.50 bits per heavy atom. The van der Waals surface area contributed by atoms with Crippen LogP contribution in [-0.2, 0) is 4.79 Å². The Balaban J connectivity index is 2.78. The standard InChI is InChI=1S/C9H14N2O/c1-6-7(2)9(12)11(5-4-10)8(6)3/h6-8H,5H2,1-3H3. The monoisotopic (exact) mass is 166 g/mol. The Kier molecular flexibility index (Phi) is 2.37. The van der Waals surface area contributed by atoms with Crippen molar-refractivity contribution < 1.29 is 4.79 Å². The molecule has 3 heteroatoms. The topological polar surface area (TPSA) is 44.1 Å². The Bertz CT molecular complexity index is 231. The van der Waals surface area contributed by atoms with Gasteiger partial charge in [0, 0.05) is 12.0 Å². The van der Waals surface area contributed by atoms with E-state index in [1.165, 1.54) is 0 Å². The van der Waals surface area contributed by atoms with Crippen molar-refractivity contribution >= 4 is 5.91 Å². The van der Waals surface area contributed by atoms with Gasteiger partial charge in [0.25, 0.3) is 0 Å². The van der Waals surface area contributed by atoms with Crippen LogP contribution >= 0.6 is 0 Å². The van der Waals surface area contributed by atoms with E-state index in [1.807, 2.05) is 19.9 Å². The second-order valence-electron chi connectivity index (χ2n) is 3.51. The summed E-state index contributed by atoms with van der Waals surface area (Å²) >= 11 is 0. The second-order valence-corrected chi connectivity index (χ2v) is 3.51. The molecule has 0 N–H and O–H groups in total. The van der Waals surface area contributed by atoms with Gasteiger partial charge in [-0.05, 0) is 12.8 Å². The van der Waals surface area contributed by atoms with E-state index >= 15 is 0 Å². The van der Waals surface area contributed by atoms with Crippen LogP contribution in [-0.4, -0.2) is 23.4 Å². The third-order valence-electron chi connectivity index (χ3n) is 2.95. The minimum absolute atomic E-state index is 0.0772. The van der Waals surface area contributed by atoms with Gasteiger partial charge in [-0.1, -0.05) is 13.8 Å². The second kappa shape index (κ2) is 3.14. The molecule has 0 radical (unpaired) electrons. The van der Waals surface area contributed by atoms with E-state index in [0.717, 1.165) is 0 Å². The molecular weight excluding hydrogens is 152 g/mol. The fourth-order valence-electron chi connectivity index (χ4n) is 1.69. The lowest BCUT2D eigenvalue weighted by atomic mass is 9.95. The summed E-state index contributed by atoms with van der Waals surface area (Å²) in [5.41, 5.74) is 0. The number of carbonyl (C=O) groups excluding carboxylic acids is 1. The zero-order valence-electron chi connectivity index (χ0n) is 7.74. The molecule has 1 rings (SSSR count). The lowest BCUT2D eigenvalue weighted by molar-refractivity contribution is -0.130. The number of nitrogens with zero attached hydrogens (tertiary/aromatic N) is 2. The summed E-state index contributed by atoms with van der Waals surface area (Å²) in [6.45, 7) is 6.23. The van der Waals surface area contributed by atoms with Crippen molar-refractivity contribution in [3.63, 3.8) is 0 Å². The van der Waals surface area contributed by atoms with Crippen molar-refractivity contribution in [2.75, 3.05) is 6.54 Å². The molecule has 0 spiro atoms. The summed E-state index contributed by atoms with van der Waals surface area (Å²) in [5, 5.41) is 8.49. The first-order valence-corrected chi connectivity index (χ1v) is 4.27. The van der Waals surface area contributed by atoms with Crippen LogP contribution in [0.4, 0.5) is 0 Å². The van der Waals surface area contributed by atoms with Crippen molar-refractivity contribution in [2.45, 2.75) is 26.8 Å². The van der Waals surface area contributed by atoms with E-state index in [1.54, 1.807) is 4.90 Å². The Labute approximate surface area is 73.0 Å². The fraction of sp³-hybridized carbons (Fsp3) is 0.778. The molecule has 0 aromatic rings. The molecule has 1 amide bonds. The predicted molar refractivity (Wildman–Crippen MR) is 45.1 cm³/mol. The molecule has 3 nitrogen and oxygen atoms in total. The summed E-state index contributed by atoms with van der Waals surface area (Å²) in [6.07, 6.45) is 0. The summed E-state index contributed by atoms with van der Waals surface area (Å²) in [4.78, 5) is 13.2. The molecule has 1 fully saturated rings. The molecular formula is C9H14N2O. The van der Waals surface area contributed by atoms with E-state index in [2.05, 4.69) is 6.92 Å². The zero-order chi connectivity index (χ0) is 9.30. The number of amides is 1. The van der Waals surface area contributed by atoms with Crippen LogP contribution in [0.1, 0.15) is 20.8 Å². The van der Waals surface area contributed by atoms with E-state index in [-0.39, 0.29) is 24.4 Å². The van der Waals surface area contributed by atoms with Gasteiger partial charge in [0.1, 0.15) is 6.54 Å². The number of carbonyl (C=O) groups is 1. The molecule has 1 aliphatic heterocycles. The zero-order valence-corrected chi connectivity index (χ0v) is 7.74. The Morgan fingerprint density at radius 3 is 2.42 bits per heavy atom. The Hall–Kier alpha value is -1.04. The van der Waals surface area contributed by atoms with Crippen LogP contribution in [0.5, 0.6) is 0 Å². The summed E-state index contributed by atoms with van der Waals surface area (Å²) in [7, 11) is 0. The van der Waals surface area contributed by atoms with Crippen LogP contribution in [0, 0.1) is 23.2 Å². The maximum absolute atomic E-state index is 11.5. The minimum atomic E-state index is 0.0772. The number of nitriles is 1. The van der Waals surface area contributed by atoms with Crippen molar-refractivity contribution in [3.05, 3.63) is 0 Å². The van der Waals surface area contributed by atoms with Crippen LogP contribution in [0.15, 0.2) is 0 Å². The molecule has 0 aromatic carbocycles. The molecule has 0 aromatic heterocycles. The quantitative estimate of drug-likeness (QED) is 0.546. The third kappa shape index (κ3) is 1.18. The highest BCUT2D eigenvalue weighted by molar-refractivity contribution is 5.81. The smallest absolute Gasteiger partial charge is 0.226 e. The molecule has 1 aliphatic rings. The maximum Gasteiger partial charge on any atom is 0.226 e. The summed E-state index contributed by atoms with van der Waals surface area (Å²) in [6, 6.07) is 2.23. The number of rotatable bonds is 1. The number of hydrogen-bond donors (Lipinski definition) is 0. The van der Waals surface area contributed by atoms with Crippen LogP contribution in [0.3, 0.4) is 0 Å². The van der Waals surface area contributed by atoms with Crippen molar-refractivity contribution in [1.29, 1.82) is 5.26 Å². The maximum atomic E-state index is 11.5. The first kappa shape index (κ1) is 9.05. The predicted octanol–water partition coefficient (Wildman–Crippen LogP) is 1.01. The lowest BCUT2D eigenvalue weighted by Crippen LogP contribution is -2.33. The van der Waals surface area contributed by atoms with Crippen LogP contribution < -0.4 is 0 Å². The van der Waals surface area contributed by atoms with Gasteiger partial charge in [-0.25, -0.2) is 0 Å². The normalized spacial score (nSPS) is 35.3. The average Bonchev–Trinajstić information content (AvgIpc) is 2.23.